The van der Waals surface area contributed by atoms with E-state index in [4.69, 9.17) is 21.3 Å². The molecule has 2 aliphatic heterocycles. The van der Waals surface area contributed by atoms with Crippen molar-refractivity contribution < 1.29 is 4.74 Å². The van der Waals surface area contributed by atoms with Gasteiger partial charge in [-0.1, -0.05) is 35.9 Å². The maximum Gasteiger partial charge on any atom is 0.142 e. The highest BCUT2D eigenvalue weighted by Gasteiger charge is 2.40. The van der Waals surface area contributed by atoms with Crippen LogP contribution < -0.4 is 20.9 Å². The van der Waals surface area contributed by atoms with E-state index in [2.05, 4.69) is 28.3 Å². The molecule has 3 N–H and O–H groups in total. The molecule has 2 aliphatic rings. The normalized spacial score (nSPS) is 17.6. The molecular formula is C20H23ClN4OS. The van der Waals surface area contributed by atoms with Crippen molar-refractivity contribution in [1.29, 1.82) is 0 Å². The number of anilines is 1. The molecule has 2 aromatic carbocycles. The molecule has 0 atom stereocenters. The predicted octanol–water partition coefficient (Wildman–Crippen LogP) is 4.23. The number of nitrogens with zero attached hydrogens (tertiary/aromatic N) is 1. The van der Waals surface area contributed by atoms with Crippen LogP contribution in [0.1, 0.15) is 12.8 Å². The maximum atomic E-state index is 6.11. The third-order valence-electron chi connectivity index (χ3n) is 4.84. The summed E-state index contributed by atoms with van der Waals surface area (Å²) < 4.78 is 5.73. The summed E-state index contributed by atoms with van der Waals surface area (Å²) in [5, 5.41) is 4.37. The smallest absolute Gasteiger partial charge is 0.142 e. The summed E-state index contributed by atoms with van der Waals surface area (Å²) in [6, 6.07) is 15.7. The van der Waals surface area contributed by atoms with E-state index in [0.717, 1.165) is 41.6 Å². The Balaban J connectivity index is 1.38. The molecular weight excluding hydrogens is 380 g/mol. The molecule has 1 saturated heterocycles. The number of hydrazine groups is 1. The van der Waals surface area contributed by atoms with Gasteiger partial charge in [0.05, 0.1) is 21.9 Å². The molecule has 4 rings (SSSR count). The third-order valence-corrected chi connectivity index (χ3v) is 6.14. The van der Waals surface area contributed by atoms with Crippen LogP contribution in [0.15, 0.2) is 53.5 Å². The number of aliphatic imine (C=N–C) groups is 1. The topological polar surface area (TPSA) is 57.7 Å². The average molecular weight is 403 g/mol. The minimum absolute atomic E-state index is 0.129. The van der Waals surface area contributed by atoms with Crippen molar-refractivity contribution in [2.75, 3.05) is 30.0 Å². The molecule has 1 spiro atoms. The number of para-hydroxylation sites is 3. The number of fused-ring (bicyclic) bond motifs is 1. The average Bonchev–Trinajstić information content (AvgIpc) is 2.70. The van der Waals surface area contributed by atoms with E-state index in [1.807, 2.05) is 48.2 Å². The van der Waals surface area contributed by atoms with E-state index >= 15 is 0 Å². The molecule has 2 aromatic rings. The second kappa shape index (κ2) is 8.42. The van der Waals surface area contributed by atoms with Crippen molar-refractivity contribution in [2.24, 2.45) is 4.99 Å². The molecule has 2 heterocycles. The molecule has 1 fully saturated rings. The van der Waals surface area contributed by atoms with Gasteiger partial charge in [-0.2, -0.15) is 11.8 Å². The molecule has 0 aromatic heterocycles. The molecule has 0 aliphatic carbocycles. The Labute approximate surface area is 168 Å². The van der Waals surface area contributed by atoms with Crippen LogP contribution in [0.4, 0.5) is 11.4 Å². The van der Waals surface area contributed by atoms with Crippen LogP contribution in [0.5, 0.6) is 5.75 Å². The maximum absolute atomic E-state index is 6.11. The first kappa shape index (κ1) is 18.5. The summed E-state index contributed by atoms with van der Waals surface area (Å²) in [5.41, 5.74) is 8.54. The summed E-state index contributed by atoms with van der Waals surface area (Å²) in [6.45, 7) is 1.15. The molecule has 0 unspecified atom stereocenters. The molecule has 7 heteroatoms. The fraction of sp³-hybridized carbons (Fsp3) is 0.350. The Hall–Kier alpha value is -1.89. The van der Waals surface area contributed by atoms with Crippen LogP contribution in [0, 0.1) is 0 Å². The highest BCUT2D eigenvalue weighted by atomic mass is 35.5. The van der Waals surface area contributed by atoms with Crippen molar-refractivity contribution >= 4 is 40.6 Å². The van der Waals surface area contributed by atoms with Crippen molar-refractivity contribution in [2.45, 2.75) is 18.4 Å². The van der Waals surface area contributed by atoms with Crippen molar-refractivity contribution in [3.05, 3.63) is 53.6 Å². The van der Waals surface area contributed by atoms with Crippen LogP contribution in [0.25, 0.3) is 0 Å². The Morgan fingerprint density at radius 3 is 2.74 bits per heavy atom. The largest absolute Gasteiger partial charge is 0.491 e. The summed E-state index contributed by atoms with van der Waals surface area (Å²) in [4.78, 5) is 4.90. The zero-order valence-corrected chi connectivity index (χ0v) is 16.6. The van der Waals surface area contributed by atoms with Gasteiger partial charge >= 0.3 is 0 Å². The Morgan fingerprint density at radius 2 is 1.89 bits per heavy atom. The third kappa shape index (κ3) is 4.18. The van der Waals surface area contributed by atoms with Crippen molar-refractivity contribution in [3.8, 4) is 5.75 Å². The number of thioether (sulfide) groups is 1. The van der Waals surface area contributed by atoms with E-state index in [0.29, 0.717) is 23.9 Å². The van der Waals surface area contributed by atoms with E-state index < -0.39 is 0 Å². The van der Waals surface area contributed by atoms with E-state index in [1.54, 1.807) is 0 Å². The van der Waals surface area contributed by atoms with E-state index in [1.165, 1.54) is 0 Å². The number of hydrogen-bond acceptors (Lipinski definition) is 6. The lowest BCUT2D eigenvalue weighted by atomic mass is 9.88. The first-order valence-electron chi connectivity index (χ1n) is 9.17. The summed E-state index contributed by atoms with van der Waals surface area (Å²) >= 11 is 8.11. The number of ether oxygens (including phenoxy) is 1. The number of benzene rings is 2. The standard InChI is InChI=1S/C20H23ClN4OS/c21-15-5-1-4-8-18(15)26-12-11-22-25-19-20(9-13-27-14-10-20)24-17-7-3-2-6-16(17)23-19/h1-8,22,24H,9-14H2,(H,23,25). The lowest BCUT2D eigenvalue weighted by Gasteiger charge is -2.42. The molecule has 27 heavy (non-hydrogen) atoms. The monoisotopic (exact) mass is 402 g/mol. The van der Waals surface area contributed by atoms with Gasteiger partial charge in [0.25, 0.3) is 0 Å². The molecule has 0 saturated carbocycles. The van der Waals surface area contributed by atoms with Gasteiger partial charge in [-0.3, -0.25) is 0 Å². The van der Waals surface area contributed by atoms with Gasteiger partial charge in [-0.05, 0) is 48.6 Å². The Morgan fingerprint density at radius 1 is 1.11 bits per heavy atom. The minimum Gasteiger partial charge on any atom is -0.491 e. The quantitative estimate of drug-likeness (QED) is 0.516. The van der Waals surface area contributed by atoms with Gasteiger partial charge in [-0.15, -0.1) is 0 Å². The Kier molecular flexibility index (Phi) is 5.76. The zero-order chi connectivity index (χ0) is 18.5. The van der Waals surface area contributed by atoms with Crippen molar-refractivity contribution in [1.82, 2.24) is 10.9 Å². The first-order chi connectivity index (χ1) is 13.3. The minimum atomic E-state index is -0.129. The van der Waals surface area contributed by atoms with Gasteiger partial charge < -0.3 is 15.5 Å². The Bertz CT molecular complexity index is 823. The molecule has 0 bridgehead atoms. The number of halogens is 1. The van der Waals surface area contributed by atoms with Gasteiger partial charge in [0.2, 0.25) is 0 Å². The highest BCUT2D eigenvalue weighted by Crippen LogP contribution is 2.39. The molecule has 5 nitrogen and oxygen atoms in total. The second-order valence-electron chi connectivity index (χ2n) is 6.63. The van der Waals surface area contributed by atoms with Crippen LogP contribution in [0.3, 0.4) is 0 Å². The SMILES string of the molecule is Clc1ccccc1OCCNNC1=Nc2ccccc2NC12CCSCC2. The van der Waals surface area contributed by atoms with Gasteiger partial charge in [0.15, 0.2) is 0 Å². The predicted molar refractivity (Wildman–Crippen MR) is 115 cm³/mol. The molecule has 0 amide bonds. The van der Waals surface area contributed by atoms with Gasteiger partial charge in [-0.25, -0.2) is 10.4 Å². The lowest BCUT2D eigenvalue weighted by Crippen LogP contribution is -2.59. The van der Waals surface area contributed by atoms with Gasteiger partial charge in [0.1, 0.15) is 18.2 Å². The fourth-order valence-corrected chi connectivity index (χ4v) is 4.75. The lowest BCUT2D eigenvalue weighted by molar-refractivity contribution is 0.310. The summed E-state index contributed by atoms with van der Waals surface area (Å²) in [7, 11) is 0. The second-order valence-corrected chi connectivity index (χ2v) is 8.26. The highest BCUT2D eigenvalue weighted by molar-refractivity contribution is 7.99. The summed E-state index contributed by atoms with van der Waals surface area (Å²) in [6.07, 6.45) is 2.10. The molecule has 0 radical (unpaired) electrons. The summed E-state index contributed by atoms with van der Waals surface area (Å²) in [5.74, 6) is 3.92. The fourth-order valence-electron chi connectivity index (χ4n) is 3.37. The van der Waals surface area contributed by atoms with Gasteiger partial charge in [0, 0.05) is 6.54 Å². The number of nitrogens with one attached hydrogen (secondary N) is 3. The van der Waals surface area contributed by atoms with Crippen LogP contribution in [-0.2, 0) is 0 Å². The zero-order valence-electron chi connectivity index (χ0n) is 15.0. The van der Waals surface area contributed by atoms with E-state index in [9.17, 15) is 0 Å². The number of rotatable bonds is 5. The van der Waals surface area contributed by atoms with E-state index in [-0.39, 0.29) is 5.54 Å². The van der Waals surface area contributed by atoms with Crippen LogP contribution in [-0.4, -0.2) is 36.0 Å². The van der Waals surface area contributed by atoms with Crippen molar-refractivity contribution in [3.63, 3.8) is 0 Å². The van der Waals surface area contributed by atoms with Crippen LogP contribution >= 0.6 is 23.4 Å². The number of hydrogen-bond donors (Lipinski definition) is 3. The first-order valence-corrected chi connectivity index (χ1v) is 10.7. The van der Waals surface area contributed by atoms with Crippen LogP contribution in [0.2, 0.25) is 5.02 Å². The number of amidine groups is 1. The molecule has 142 valence electrons.